The van der Waals surface area contributed by atoms with Crippen molar-refractivity contribution in [2.45, 2.75) is 5.60 Å². The summed E-state index contributed by atoms with van der Waals surface area (Å²) in [4.78, 5) is 11.0. The van der Waals surface area contributed by atoms with Crippen LogP contribution >= 0.6 is 0 Å². The van der Waals surface area contributed by atoms with Gasteiger partial charge in [0, 0.05) is 7.05 Å². The van der Waals surface area contributed by atoms with Crippen LogP contribution in [0.15, 0.2) is 78.9 Å². The first-order chi connectivity index (χ1) is 19.6. The number of rotatable bonds is 18. The van der Waals surface area contributed by atoms with Gasteiger partial charge in [-0.2, -0.15) is 0 Å². The first-order valence-corrected chi connectivity index (χ1v) is 13.2. The molecular formula is C31H39NO8. The van der Waals surface area contributed by atoms with Crippen LogP contribution in [0.1, 0.15) is 16.7 Å². The fourth-order valence-electron chi connectivity index (χ4n) is 4.14. The molecule has 9 heteroatoms. The molecule has 0 aliphatic rings. The third-order valence-corrected chi connectivity index (χ3v) is 6.13. The predicted octanol–water partition coefficient (Wildman–Crippen LogP) is 4.42. The molecule has 0 radical (unpaired) electrons. The molecule has 3 aromatic carbocycles. The maximum Gasteiger partial charge on any atom is 0.406 e. The van der Waals surface area contributed by atoms with Crippen molar-refractivity contribution in [3.63, 3.8) is 0 Å². The van der Waals surface area contributed by atoms with Gasteiger partial charge in [-0.05, 0) is 41.0 Å². The zero-order chi connectivity index (χ0) is 28.5. The zero-order valence-corrected chi connectivity index (χ0v) is 23.4. The Hall–Kier alpha value is -3.63. The van der Waals surface area contributed by atoms with Crippen molar-refractivity contribution >= 4 is 6.09 Å². The molecule has 0 saturated heterocycles. The molecule has 0 aliphatic heterocycles. The standard InChI is InChI=1S/C31H39NO8/c1-32-30(33)39-23-21-37-19-17-36-18-20-38-22-24-40-31(25-7-5-4-6-8-25,26-9-13-28(34-2)14-10-26)27-11-15-29(35-3)16-12-27/h4-16H,17-24H2,1-3H3,(H,32,33). The SMILES string of the molecule is CNC(=O)OCCOCCOCCOCCOC(c1ccccc1)(c1ccc(OC)cc1)c1ccc(OC)cc1. The molecule has 1 N–H and O–H groups in total. The quantitative estimate of drug-likeness (QED) is 0.183. The van der Waals surface area contributed by atoms with Crippen LogP contribution in [-0.2, 0) is 29.3 Å². The van der Waals surface area contributed by atoms with Gasteiger partial charge in [0.1, 0.15) is 23.7 Å². The van der Waals surface area contributed by atoms with Gasteiger partial charge in [-0.15, -0.1) is 0 Å². The van der Waals surface area contributed by atoms with Crippen molar-refractivity contribution in [2.75, 3.05) is 74.1 Å². The lowest BCUT2D eigenvalue weighted by molar-refractivity contribution is -0.0376. The Labute approximate surface area is 236 Å². The van der Waals surface area contributed by atoms with Crippen LogP contribution in [0.2, 0.25) is 0 Å². The topological polar surface area (TPSA) is 93.7 Å². The zero-order valence-electron chi connectivity index (χ0n) is 23.4. The van der Waals surface area contributed by atoms with E-state index in [1.54, 1.807) is 14.2 Å². The largest absolute Gasteiger partial charge is 0.497 e. The average molecular weight is 554 g/mol. The van der Waals surface area contributed by atoms with Gasteiger partial charge in [-0.25, -0.2) is 4.79 Å². The first-order valence-electron chi connectivity index (χ1n) is 13.2. The second-order valence-corrected chi connectivity index (χ2v) is 8.58. The van der Waals surface area contributed by atoms with Crippen LogP contribution in [0.25, 0.3) is 0 Å². The number of nitrogens with one attached hydrogen (secondary N) is 1. The lowest BCUT2D eigenvalue weighted by Gasteiger charge is -2.36. The lowest BCUT2D eigenvalue weighted by atomic mass is 9.80. The van der Waals surface area contributed by atoms with E-state index in [0.29, 0.717) is 46.2 Å². The average Bonchev–Trinajstić information content (AvgIpc) is 3.02. The summed E-state index contributed by atoms with van der Waals surface area (Å²) in [6, 6.07) is 26.0. The van der Waals surface area contributed by atoms with Crippen LogP contribution in [0.5, 0.6) is 11.5 Å². The van der Waals surface area contributed by atoms with Gasteiger partial charge in [-0.1, -0.05) is 54.6 Å². The van der Waals surface area contributed by atoms with Crippen molar-refractivity contribution < 1.29 is 38.0 Å². The molecule has 0 spiro atoms. The van der Waals surface area contributed by atoms with Crippen LogP contribution in [0.3, 0.4) is 0 Å². The van der Waals surface area contributed by atoms with E-state index < -0.39 is 11.7 Å². The third kappa shape index (κ3) is 8.96. The van der Waals surface area contributed by atoms with E-state index in [1.165, 1.54) is 7.05 Å². The second kappa shape index (κ2) is 17.1. The van der Waals surface area contributed by atoms with E-state index >= 15 is 0 Å². The van der Waals surface area contributed by atoms with E-state index in [-0.39, 0.29) is 6.61 Å². The van der Waals surface area contributed by atoms with Crippen molar-refractivity contribution in [1.29, 1.82) is 0 Å². The van der Waals surface area contributed by atoms with Crippen molar-refractivity contribution in [3.05, 3.63) is 95.6 Å². The van der Waals surface area contributed by atoms with Crippen LogP contribution in [0, 0.1) is 0 Å². The molecule has 216 valence electrons. The van der Waals surface area contributed by atoms with E-state index in [2.05, 4.69) is 17.4 Å². The minimum Gasteiger partial charge on any atom is -0.497 e. The van der Waals surface area contributed by atoms with Gasteiger partial charge >= 0.3 is 6.09 Å². The maximum atomic E-state index is 11.0. The van der Waals surface area contributed by atoms with Crippen molar-refractivity contribution in [3.8, 4) is 11.5 Å². The summed E-state index contributed by atoms with van der Waals surface area (Å²) in [6.07, 6.45) is -0.477. The number of hydrogen-bond donors (Lipinski definition) is 1. The Balaban J connectivity index is 1.58. The molecule has 40 heavy (non-hydrogen) atoms. The number of hydrogen-bond acceptors (Lipinski definition) is 8. The Morgan fingerprint density at radius 1 is 0.600 bits per heavy atom. The molecule has 0 bridgehead atoms. The fourth-order valence-corrected chi connectivity index (χ4v) is 4.14. The Kier molecular flexibility index (Phi) is 13.2. The van der Waals surface area contributed by atoms with E-state index in [1.807, 2.05) is 66.7 Å². The van der Waals surface area contributed by atoms with Gasteiger partial charge in [-0.3, -0.25) is 0 Å². The summed E-state index contributed by atoms with van der Waals surface area (Å²) in [5.41, 5.74) is 2.05. The van der Waals surface area contributed by atoms with Crippen molar-refractivity contribution in [1.82, 2.24) is 5.32 Å². The van der Waals surface area contributed by atoms with Gasteiger partial charge in [0.25, 0.3) is 0 Å². The highest BCUT2D eigenvalue weighted by atomic mass is 16.6. The second-order valence-electron chi connectivity index (χ2n) is 8.58. The highest BCUT2D eigenvalue weighted by molar-refractivity contribution is 5.66. The smallest absolute Gasteiger partial charge is 0.406 e. The van der Waals surface area contributed by atoms with Crippen LogP contribution in [0.4, 0.5) is 4.79 Å². The molecule has 0 atom stereocenters. The Morgan fingerprint density at radius 3 is 1.48 bits per heavy atom. The van der Waals surface area contributed by atoms with Gasteiger partial charge < -0.3 is 38.5 Å². The Morgan fingerprint density at radius 2 is 1.02 bits per heavy atom. The highest BCUT2D eigenvalue weighted by Gasteiger charge is 2.37. The predicted molar refractivity (Wildman–Crippen MR) is 151 cm³/mol. The molecule has 0 fully saturated rings. The first kappa shape index (κ1) is 30.9. The van der Waals surface area contributed by atoms with E-state index in [0.717, 1.165) is 28.2 Å². The fraction of sp³-hybridized carbons (Fsp3) is 0.387. The molecule has 0 aliphatic carbocycles. The van der Waals surface area contributed by atoms with Gasteiger partial charge in [0.15, 0.2) is 0 Å². The normalized spacial score (nSPS) is 11.2. The number of benzene rings is 3. The molecule has 0 saturated carbocycles. The number of alkyl carbamates (subject to hydrolysis) is 1. The number of carbonyl (C=O) groups is 1. The summed E-state index contributed by atoms with van der Waals surface area (Å²) in [5.74, 6) is 1.54. The molecule has 3 rings (SSSR count). The monoisotopic (exact) mass is 553 g/mol. The minimum absolute atomic E-state index is 0.195. The molecule has 9 nitrogen and oxygen atoms in total. The Bertz CT molecular complexity index is 1060. The summed E-state index contributed by atoms with van der Waals surface area (Å²) in [7, 11) is 4.81. The van der Waals surface area contributed by atoms with E-state index in [4.69, 9.17) is 33.2 Å². The van der Waals surface area contributed by atoms with Gasteiger partial charge in [0.05, 0.1) is 60.5 Å². The summed E-state index contributed by atoms with van der Waals surface area (Å²) in [5, 5.41) is 2.37. The van der Waals surface area contributed by atoms with Gasteiger partial charge in [0.2, 0.25) is 0 Å². The number of carbonyl (C=O) groups excluding carboxylic acids is 1. The summed E-state index contributed by atoms with van der Waals surface area (Å²) in [6.45, 7) is 2.93. The molecule has 0 heterocycles. The molecule has 0 unspecified atom stereocenters. The summed E-state index contributed by atoms with van der Waals surface area (Å²) >= 11 is 0. The maximum absolute atomic E-state index is 11.0. The number of ether oxygens (including phenoxy) is 7. The molecule has 0 aromatic heterocycles. The summed E-state index contributed by atoms with van der Waals surface area (Å²) < 4.78 is 39.1. The molecular weight excluding hydrogens is 514 g/mol. The van der Waals surface area contributed by atoms with Crippen LogP contribution < -0.4 is 14.8 Å². The minimum atomic E-state index is -0.876. The van der Waals surface area contributed by atoms with Crippen molar-refractivity contribution in [2.24, 2.45) is 0 Å². The lowest BCUT2D eigenvalue weighted by Crippen LogP contribution is -2.34. The number of amides is 1. The van der Waals surface area contributed by atoms with E-state index in [9.17, 15) is 4.79 Å². The van der Waals surface area contributed by atoms with Crippen LogP contribution in [-0.4, -0.2) is 80.2 Å². The highest BCUT2D eigenvalue weighted by Crippen LogP contribution is 2.41. The third-order valence-electron chi connectivity index (χ3n) is 6.13. The molecule has 1 amide bonds. The molecule has 3 aromatic rings. The number of methoxy groups -OCH3 is 2.